The molecule has 0 spiro atoms. The minimum atomic E-state index is -0.371. The van der Waals surface area contributed by atoms with Crippen LogP contribution in [0.25, 0.3) is 0 Å². The molecule has 0 fully saturated rings. The second kappa shape index (κ2) is 10.3. The van der Waals surface area contributed by atoms with Crippen LogP contribution in [-0.2, 0) is 14.3 Å². The molecule has 17 heavy (non-hydrogen) atoms. The quantitative estimate of drug-likeness (QED) is 0.473. The van der Waals surface area contributed by atoms with E-state index in [1.807, 2.05) is 20.8 Å². The van der Waals surface area contributed by atoms with Crippen LogP contribution in [0.2, 0.25) is 0 Å². The van der Waals surface area contributed by atoms with Crippen molar-refractivity contribution in [3.8, 4) is 0 Å². The summed E-state index contributed by atoms with van der Waals surface area (Å²) in [5, 5.41) is 2.83. The Kier molecular flexibility index (Phi) is 9.77. The molecule has 0 aromatic heterocycles. The fourth-order valence-corrected chi connectivity index (χ4v) is 1.35. The van der Waals surface area contributed by atoms with Crippen LogP contribution in [0.5, 0.6) is 0 Å². The van der Waals surface area contributed by atoms with E-state index in [1.165, 1.54) is 6.08 Å². The summed E-state index contributed by atoms with van der Waals surface area (Å²) in [6.07, 6.45) is 3.51. The Labute approximate surface area is 104 Å². The number of nitrogens with one attached hydrogen (secondary N) is 1. The van der Waals surface area contributed by atoms with Crippen LogP contribution in [0.3, 0.4) is 0 Å². The van der Waals surface area contributed by atoms with E-state index in [2.05, 4.69) is 11.9 Å². The van der Waals surface area contributed by atoms with E-state index >= 15 is 0 Å². The molecule has 4 nitrogen and oxygen atoms in total. The number of hydrogen-bond acceptors (Lipinski definition) is 3. The number of carbonyl (C=O) groups excluding carboxylic acids is 1. The Morgan fingerprint density at radius 2 is 1.76 bits per heavy atom. The molecule has 1 N–H and O–H groups in total. The van der Waals surface area contributed by atoms with Gasteiger partial charge in [0.05, 0.1) is 6.04 Å². The molecule has 0 heterocycles. The second-order valence-electron chi connectivity index (χ2n) is 3.84. The smallest absolute Gasteiger partial charge is 0.243 e. The number of amides is 1. The van der Waals surface area contributed by atoms with Gasteiger partial charge in [0.2, 0.25) is 5.91 Å². The topological polar surface area (TPSA) is 47.6 Å². The molecule has 4 heteroatoms. The minimum absolute atomic E-state index is 0.126. The molecule has 0 aromatic rings. The molecule has 1 atom stereocenters. The molecule has 0 bridgehead atoms. The van der Waals surface area contributed by atoms with E-state index in [-0.39, 0.29) is 18.2 Å². The van der Waals surface area contributed by atoms with Crippen LogP contribution in [0.15, 0.2) is 12.7 Å². The van der Waals surface area contributed by atoms with Gasteiger partial charge in [0.1, 0.15) is 0 Å². The van der Waals surface area contributed by atoms with Crippen molar-refractivity contribution in [2.45, 2.75) is 52.4 Å². The van der Waals surface area contributed by atoms with Crippen LogP contribution < -0.4 is 5.32 Å². The standard InChI is InChI=1S/C13H25NO3/c1-5-9-16-13(17-10-6-2)11(7-3)14-12(15)8-4/h8,11,13H,4-7,9-10H2,1-3H3,(H,14,15). The van der Waals surface area contributed by atoms with E-state index in [9.17, 15) is 4.79 Å². The summed E-state index contributed by atoms with van der Waals surface area (Å²) in [5.74, 6) is -0.193. The first kappa shape index (κ1) is 16.1. The van der Waals surface area contributed by atoms with Crippen molar-refractivity contribution in [1.82, 2.24) is 5.32 Å². The average Bonchev–Trinajstić information content (AvgIpc) is 2.36. The van der Waals surface area contributed by atoms with E-state index < -0.39 is 0 Å². The van der Waals surface area contributed by atoms with Gasteiger partial charge < -0.3 is 14.8 Å². The third-order valence-electron chi connectivity index (χ3n) is 2.25. The van der Waals surface area contributed by atoms with Gasteiger partial charge in [0.15, 0.2) is 6.29 Å². The summed E-state index contributed by atoms with van der Waals surface area (Å²) in [6.45, 7) is 10.8. The molecular formula is C13H25NO3. The fraction of sp³-hybridized carbons (Fsp3) is 0.769. The van der Waals surface area contributed by atoms with Crippen molar-refractivity contribution in [3.05, 3.63) is 12.7 Å². The molecular weight excluding hydrogens is 218 g/mol. The SMILES string of the molecule is C=CC(=O)NC(CC)C(OCCC)OCCC. The average molecular weight is 243 g/mol. The molecule has 1 amide bonds. The number of hydrogen-bond donors (Lipinski definition) is 1. The van der Waals surface area contributed by atoms with Crippen molar-refractivity contribution < 1.29 is 14.3 Å². The fourth-order valence-electron chi connectivity index (χ4n) is 1.35. The van der Waals surface area contributed by atoms with E-state index in [0.29, 0.717) is 13.2 Å². The first-order chi connectivity index (χ1) is 8.19. The predicted octanol–water partition coefficient (Wildman–Crippen LogP) is 2.25. The molecule has 0 radical (unpaired) electrons. The summed E-state index contributed by atoms with van der Waals surface area (Å²) in [6, 6.07) is -0.126. The summed E-state index contributed by atoms with van der Waals surface area (Å²) in [5.41, 5.74) is 0. The Hall–Kier alpha value is -0.870. The summed E-state index contributed by atoms with van der Waals surface area (Å²) >= 11 is 0. The largest absolute Gasteiger partial charge is 0.351 e. The van der Waals surface area contributed by atoms with Gasteiger partial charge in [-0.25, -0.2) is 0 Å². The van der Waals surface area contributed by atoms with Crippen molar-refractivity contribution in [2.24, 2.45) is 0 Å². The molecule has 0 aliphatic carbocycles. The Bertz CT molecular complexity index is 211. The van der Waals surface area contributed by atoms with Crippen molar-refractivity contribution >= 4 is 5.91 Å². The Balaban J connectivity index is 4.35. The Morgan fingerprint density at radius 3 is 2.12 bits per heavy atom. The normalized spacial score (nSPS) is 12.5. The van der Waals surface area contributed by atoms with Gasteiger partial charge in [0.25, 0.3) is 0 Å². The van der Waals surface area contributed by atoms with Gasteiger partial charge in [-0.15, -0.1) is 0 Å². The highest BCUT2D eigenvalue weighted by molar-refractivity contribution is 5.87. The van der Waals surface area contributed by atoms with Gasteiger partial charge in [-0.2, -0.15) is 0 Å². The van der Waals surface area contributed by atoms with Crippen LogP contribution in [0.1, 0.15) is 40.0 Å². The van der Waals surface area contributed by atoms with Crippen molar-refractivity contribution in [3.63, 3.8) is 0 Å². The lowest BCUT2D eigenvalue weighted by atomic mass is 10.2. The zero-order chi connectivity index (χ0) is 13.1. The molecule has 0 rings (SSSR count). The predicted molar refractivity (Wildman–Crippen MR) is 68.7 cm³/mol. The molecule has 0 aliphatic rings. The minimum Gasteiger partial charge on any atom is -0.351 e. The number of carbonyl (C=O) groups is 1. The molecule has 0 aliphatic heterocycles. The summed E-state index contributed by atoms with van der Waals surface area (Å²) in [4.78, 5) is 11.3. The van der Waals surface area contributed by atoms with Gasteiger partial charge >= 0.3 is 0 Å². The zero-order valence-electron chi connectivity index (χ0n) is 11.2. The molecule has 100 valence electrons. The number of ether oxygens (including phenoxy) is 2. The third kappa shape index (κ3) is 7.13. The van der Waals surface area contributed by atoms with Gasteiger partial charge in [-0.05, 0) is 25.3 Å². The van der Waals surface area contributed by atoms with E-state index in [1.54, 1.807) is 0 Å². The maximum absolute atomic E-state index is 11.3. The lowest BCUT2D eigenvalue weighted by Crippen LogP contribution is -2.45. The lowest BCUT2D eigenvalue weighted by molar-refractivity contribution is -0.162. The molecule has 0 saturated heterocycles. The maximum atomic E-state index is 11.3. The first-order valence-electron chi connectivity index (χ1n) is 6.35. The van der Waals surface area contributed by atoms with E-state index in [4.69, 9.17) is 9.47 Å². The third-order valence-corrected chi connectivity index (χ3v) is 2.25. The van der Waals surface area contributed by atoms with Gasteiger partial charge in [-0.1, -0.05) is 27.4 Å². The van der Waals surface area contributed by atoms with E-state index in [0.717, 1.165) is 19.3 Å². The Morgan fingerprint density at radius 1 is 1.24 bits per heavy atom. The van der Waals surface area contributed by atoms with Crippen LogP contribution in [-0.4, -0.2) is 31.5 Å². The number of rotatable bonds is 10. The first-order valence-corrected chi connectivity index (χ1v) is 6.35. The summed E-state index contributed by atoms with van der Waals surface area (Å²) < 4.78 is 11.2. The second-order valence-corrected chi connectivity index (χ2v) is 3.84. The highest BCUT2D eigenvalue weighted by Crippen LogP contribution is 2.07. The molecule has 1 unspecified atom stereocenters. The van der Waals surface area contributed by atoms with Gasteiger partial charge in [0, 0.05) is 13.2 Å². The monoisotopic (exact) mass is 243 g/mol. The van der Waals surface area contributed by atoms with Crippen LogP contribution in [0.4, 0.5) is 0 Å². The van der Waals surface area contributed by atoms with Crippen molar-refractivity contribution in [1.29, 1.82) is 0 Å². The molecule has 0 saturated carbocycles. The maximum Gasteiger partial charge on any atom is 0.243 e. The lowest BCUT2D eigenvalue weighted by Gasteiger charge is -2.26. The highest BCUT2D eigenvalue weighted by Gasteiger charge is 2.22. The van der Waals surface area contributed by atoms with Gasteiger partial charge in [-0.3, -0.25) is 4.79 Å². The zero-order valence-corrected chi connectivity index (χ0v) is 11.2. The van der Waals surface area contributed by atoms with Crippen LogP contribution in [0, 0.1) is 0 Å². The highest BCUT2D eigenvalue weighted by atomic mass is 16.7. The summed E-state index contributed by atoms with van der Waals surface area (Å²) in [7, 11) is 0. The van der Waals surface area contributed by atoms with Crippen LogP contribution >= 0.6 is 0 Å². The molecule has 0 aromatic carbocycles. The van der Waals surface area contributed by atoms with Crippen molar-refractivity contribution in [2.75, 3.05) is 13.2 Å².